The average molecular weight is 553 g/mol. The van der Waals surface area contributed by atoms with Crippen molar-refractivity contribution in [3.63, 3.8) is 0 Å². The van der Waals surface area contributed by atoms with E-state index in [0.29, 0.717) is 39.8 Å². The van der Waals surface area contributed by atoms with Gasteiger partial charge in [0.05, 0.1) is 41.8 Å². The Morgan fingerprint density at radius 3 is 2.37 bits per heavy atom. The number of benzene rings is 1. The summed E-state index contributed by atoms with van der Waals surface area (Å²) in [4.78, 5) is 8.64. The van der Waals surface area contributed by atoms with Crippen LogP contribution in [0, 0.1) is 0 Å². The topological polar surface area (TPSA) is 114 Å². The second-order valence-corrected chi connectivity index (χ2v) is 9.74. The lowest BCUT2D eigenvalue weighted by atomic mass is 10.2. The van der Waals surface area contributed by atoms with Gasteiger partial charge in [-0.2, -0.15) is 5.10 Å². The molecule has 0 fully saturated rings. The zero-order valence-electron chi connectivity index (χ0n) is 21.1. The zero-order valence-corrected chi connectivity index (χ0v) is 22.6. The first-order valence-corrected chi connectivity index (χ1v) is 12.8. The number of aromatic nitrogens is 7. The summed E-state index contributed by atoms with van der Waals surface area (Å²) in [5.74, 6) is 2.73. The van der Waals surface area contributed by atoms with Gasteiger partial charge in [0.1, 0.15) is 23.3 Å². The highest BCUT2D eigenvalue weighted by Gasteiger charge is 2.27. The fourth-order valence-electron chi connectivity index (χ4n) is 4.08. The van der Waals surface area contributed by atoms with Crippen LogP contribution in [0.25, 0.3) is 22.6 Å². The van der Waals surface area contributed by atoms with Gasteiger partial charge in [-0.1, -0.05) is 23.7 Å². The molecule has 0 amide bonds. The van der Waals surface area contributed by atoms with Gasteiger partial charge >= 0.3 is 0 Å². The van der Waals surface area contributed by atoms with Crippen molar-refractivity contribution in [2.75, 3.05) is 26.1 Å². The van der Waals surface area contributed by atoms with Crippen LogP contribution in [0.4, 0.5) is 5.95 Å². The number of para-hydroxylation sites is 1. The normalized spacial score (nSPS) is 12.9. The summed E-state index contributed by atoms with van der Waals surface area (Å²) in [7, 11) is 4.83. The molecule has 1 aromatic carbocycles. The molecule has 0 aliphatic carbocycles. The first-order valence-electron chi connectivity index (χ1n) is 11.6. The number of ether oxygens (including phenoxy) is 3. The number of fused-ring (bicyclic) bond motifs is 1. The van der Waals surface area contributed by atoms with E-state index in [0.717, 1.165) is 11.1 Å². The summed E-state index contributed by atoms with van der Waals surface area (Å²) in [5.41, 5.74) is 2.32. The summed E-state index contributed by atoms with van der Waals surface area (Å²) in [5, 5.41) is 13.9. The summed E-state index contributed by atoms with van der Waals surface area (Å²) in [6.07, 6.45) is 6.34. The highest BCUT2D eigenvalue weighted by atomic mass is 35.5. The fraction of sp³-hybridized carbons (Fsp3) is 0.240. The second-order valence-electron chi connectivity index (χ2n) is 8.12. The molecule has 13 heteroatoms. The Labute approximate surface area is 228 Å². The van der Waals surface area contributed by atoms with Crippen LogP contribution in [0.5, 0.6) is 11.5 Å². The van der Waals surface area contributed by atoms with Crippen LogP contribution in [-0.2, 0) is 4.74 Å². The number of rotatable bonds is 10. The number of nitrogens with zero attached hydrogens (tertiary/aromatic N) is 7. The first-order chi connectivity index (χ1) is 18.5. The Morgan fingerprint density at radius 2 is 1.68 bits per heavy atom. The van der Waals surface area contributed by atoms with Gasteiger partial charge in [-0.05, 0) is 43.1 Å². The predicted octanol–water partition coefficient (Wildman–Crippen LogP) is 4.88. The highest BCUT2D eigenvalue weighted by Crippen LogP contribution is 2.39. The molecule has 2 atom stereocenters. The van der Waals surface area contributed by atoms with E-state index >= 15 is 0 Å². The largest absolute Gasteiger partial charge is 0.494 e. The van der Waals surface area contributed by atoms with Crippen molar-refractivity contribution < 1.29 is 14.2 Å². The number of halogens is 1. The van der Waals surface area contributed by atoms with E-state index in [1.54, 1.807) is 44.4 Å². The molecule has 0 saturated carbocycles. The molecule has 2 unspecified atom stereocenters. The minimum atomic E-state index is -0.402. The summed E-state index contributed by atoms with van der Waals surface area (Å²) >= 11 is 7.36. The van der Waals surface area contributed by atoms with Crippen LogP contribution in [-0.4, -0.2) is 60.9 Å². The molecule has 0 radical (unpaired) electrons. The number of pyridine rings is 1. The minimum Gasteiger partial charge on any atom is -0.494 e. The molecule has 1 N–H and O–H groups in total. The third-order valence-corrected chi connectivity index (χ3v) is 6.98. The van der Waals surface area contributed by atoms with Crippen molar-refractivity contribution in [3.8, 4) is 28.6 Å². The van der Waals surface area contributed by atoms with Crippen molar-refractivity contribution in [2.24, 2.45) is 0 Å². The molecule has 38 heavy (non-hydrogen) atoms. The zero-order chi connectivity index (χ0) is 26.6. The van der Waals surface area contributed by atoms with Gasteiger partial charge < -0.3 is 14.2 Å². The fourth-order valence-corrected chi connectivity index (χ4v) is 4.96. The monoisotopic (exact) mass is 552 g/mol. The Balaban J connectivity index is 1.57. The van der Waals surface area contributed by atoms with E-state index in [1.807, 2.05) is 54.1 Å². The molecule has 5 aromatic rings. The lowest BCUT2D eigenvalue weighted by Gasteiger charge is -2.22. The van der Waals surface area contributed by atoms with E-state index in [2.05, 4.69) is 30.0 Å². The SMILES string of the molecule is COc1cccc(OC)c1-n1c(NSC(C)C(OC)c2ncc(Cl)cn2)nnc1-c1cnn2ccccc12. The second kappa shape index (κ2) is 11.3. The summed E-state index contributed by atoms with van der Waals surface area (Å²) in [6, 6.07) is 11.4. The smallest absolute Gasteiger partial charge is 0.239 e. The summed E-state index contributed by atoms with van der Waals surface area (Å²) < 4.78 is 24.1. The molecular weight excluding hydrogens is 528 g/mol. The molecule has 0 saturated heterocycles. The van der Waals surface area contributed by atoms with Gasteiger partial charge in [-0.3, -0.25) is 9.29 Å². The van der Waals surface area contributed by atoms with E-state index < -0.39 is 6.10 Å². The van der Waals surface area contributed by atoms with Crippen LogP contribution in [0.3, 0.4) is 0 Å². The van der Waals surface area contributed by atoms with Gasteiger partial charge in [0.15, 0.2) is 11.6 Å². The van der Waals surface area contributed by atoms with Crippen LogP contribution in [0.2, 0.25) is 5.02 Å². The molecule has 0 bridgehead atoms. The minimum absolute atomic E-state index is 0.119. The van der Waals surface area contributed by atoms with Crippen molar-refractivity contribution in [1.29, 1.82) is 0 Å². The van der Waals surface area contributed by atoms with Gasteiger partial charge in [-0.25, -0.2) is 14.5 Å². The molecule has 0 aliphatic heterocycles. The van der Waals surface area contributed by atoms with E-state index in [1.165, 1.54) is 11.9 Å². The molecule has 11 nitrogen and oxygen atoms in total. The van der Waals surface area contributed by atoms with E-state index in [4.69, 9.17) is 25.8 Å². The third-order valence-electron chi connectivity index (χ3n) is 5.87. The van der Waals surface area contributed by atoms with Crippen LogP contribution in [0.15, 0.2) is 61.2 Å². The van der Waals surface area contributed by atoms with E-state index in [-0.39, 0.29) is 5.25 Å². The number of nitrogens with one attached hydrogen (secondary N) is 1. The van der Waals surface area contributed by atoms with Crippen molar-refractivity contribution in [1.82, 2.24) is 34.3 Å². The highest BCUT2D eigenvalue weighted by molar-refractivity contribution is 8.01. The Hall–Kier alpha value is -3.87. The molecular formula is C25H25ClN8O3S. The lowest BCUT2D eigenvalue weighted by Crippen LogP contribution is -2.19. The lowest BCUT2D eigenvalue weighted by molar-refractivity contribution is 0.0972. The number of anilines is 1. The molecule has 4 aromatic heterocycles. The number of hydrogen-bond acceptors (Lipinski definition) is 10. The van der Waals surface area contributed by atoms with Gasteiger partial charge in [0.25, 0.3) is 0 Å². The molecule has 4 heterocycles. The Bertz CT molecular complexity index is 1520. The van der Waals surface area contributed by atoms with Gasteiger partial charge in [0.2, 0.25) is 5.95 Å². The maximum absolute atomic E-state index is 5.96. The predicted molar refractivity (Wildman–Crippen MR) is 146 cm³/mol. The maximum Gasteiger partial charge on any atom is 0.239 e. The van der Waals surface area contributed by atoms with E-state index in [9.17, 15) is 0 Å². The van der Waals surface area contributed by atoms with Crippen LogP contribution < -0.4 is 14.2 Å². The number of hydrogen-bond donors (Lipinski definition) is 1. The quantitative estimate of drug-likeness (QED) is 0.240. The van der Waals surface area contributed by atoms with Crippen LogP contribution in [0.1, 0.15) is 18.9 Å². The molecule has 0 spiro atoms. The Morgan fingerprint density at radius 1 is 0.947 bits per heavy atom. The Kier molecular flexibility index (Phi) is 7.63. The standard InChI is InChI=1S/C25H25ClN8O3S/c1-15(22(37-4)23-27-12-16(26)13-28-23)38-32-25-31-30-24(17-14-29-33-11-6-5-8-18(17)33)34(25)21-19(35-2)9-7-10-20(21)36-3/h5-15,22H,1-4H3,(H,31,32). The van der Waals surface area contributed by atoms with Crippen molar-refractivity contribution >= 4 is 35.0 Å². The van der Waals surface area contributed by atoms with Gasteiger partial charge in [-0.15, -0.1) is 10.2 Å². The van der Waals surface area contributed by atoms with Crippen molar-refractivity contribution in [3.05, 3.63) is 72.0 Å². The molecule has 5 rings (SSSR count). The maximum atomic E-state index is 5.96. The van der Waals surface area contributed by atoms with Gasteiger partial charge in [0, 0.05) is 25.7 Å². The van der Waals surface area contributed by atoms with Crippen LogP contribution >= 0.6 is 23.5 Å². The molecule has 0 aliphatic rings. The third kappa shape index (κ3) is 4.85. The molecule has 196 valence electrons. The average Bonchev–Trinajstić information content (AvgIpc) is 3.56. The first kappa shape index (κ1) is 25.8. The summed E-state index contributed by atoms with van der Waals surface area (Å²) in [6.45, 7) is 2.00. The van der Waals surface area contributed by atoms with Crippen molar-refractivity contribution in [2.45, 2.75) is 18.3 Å². The number of methoxy groups -OCH3 is 3.